The zero-order chi connectivity index (χ0) is 22.8. The molecule has 2 aromatic heterocycles. The standard InChI is InChI=1S/C22H23N5O4S2/c28-20(15-32-22-25-24-21(31-22)18-5-2-8-23-14-18)26-9-11-27(12-10-26)33(29,30)19-7-6-16-3-1-4-17(16)13-19/h2,5-8,13-14H,1,3-4,9-12,15H2. The molecule has 172 valence electrons. The summed E-state index contributed by atoms with van der Waals surface area (Å²) in [5.41, 5.74) is 3.09. The molecule has 1 saturated heterocycles. The van der Waals surface area contributed by atoms with E-state index < -0.39 is 10.0 Å². The Morgan fingerprint density at radius 3 is 2.67 bits per heavy atom. The van der Waals surface area contributed by atoms with Crippen LogP contribution in [0.15, 0.2) is 57.3 Å². The highest BCUT2D eigenvalue weighted by molar-refractivity contribution is 7.99. The van der Waals surface area contributed by atoms with Gasteiger partial charge >= 0.3 is 0 Å². The van der Waals surface area contributed by atoms with E-state index in [1.807, 2.05) is 18.2 Å². The van der Waals surface area contributed by atoms with Gasteiger partial charge < -0.3 is 9.32 Å². The van der Waals surface area contributed by atoms with Crippen molar-refractivity contribution >= 4 is 27.7 Å². The fourth-order valence-electron chi connectivity index (χ4n) is 4.12. The van der Waals surface area contributed by atoms with E-state index >= 15 is 0 Å². The van der Waals surface area contributed by atoms with E-state index in [0.717, 1.165) is 24.8 Å². The summed E-state index contributed by atoms with van der Waals surface area (Å²) < 4.78 is 33.2. The lowest BCUT2D eigenvalue weighted by molar-refractivity contribution is -0.129. The number of hydrogen-bond donors (Lipinski definition) is 0. The lowest BCUT2D eigenvalue weighted by Crippen LogP contribution is -2.50. The number of carbonyl (C=O) groups excluding carboxylic acids is 1. The van der Waals surface area contributed by atoms with Gasteiger partial charge in [0.2, 0.25) is 21.8 Å². The fraction of sp³-hybridized carbons (Fsp3) is 0.364. The molecule has 0 unspecified atom stereocenters. The van der Waals surface area contributed by atoms with Crippen molar-refractivity contribution in [2.45, 2.75) is 29.4 Å². The number of thioether (sulfide) groups is 1. The van der Waals surface area contributed by atoms with E-state index in [-0.39, 0.29) is 24.7 Å². The van der Waals surface area contributed by atoms with Crippen LogP contribution in [0.5, 0.6) is 0 Å². The molecule has 0 bridgehead atoms. The maximum absolute atomic E-state index is 13.1. The Labute approximate surface area is 196 Å². The molecular formula is C22H23N5O4S2. The van der Waals surface area contributed by atoms with Crippen molar-refractivity contribution in [3.63, 3.8) is 0 Å². The van der Waals surface area contributed by atoms with E-state index in [0.29, 0.717) is 34.7 Å². The molecule has 1 amide bonds. The molecule has 3 heterocycles. The maximum atomic E-state index is 13.1. The lowest BCUT2D eigenvalue weighted by Gasteiger charge is -2.34. The van der Waals surface area contributed by atoms with E-state index in [4.69, 9.17) is 4.42 Å². The van der Waals surface area contributed by atoms with Crippen LogP contribution in [0.3, 0.4) is 0 Å². The van der Waals surface area contributed by atoms with Gasteiger partial charge in [-0.1, -0.05) is 17.8 Å². The second-order valence-electron chi connectivity index (χ2n) is 7.97. The molecular weight excluding hydrogens is 462 g/mol. The summed E-state index contributed by atoms with van der Waals surface area (Å²) >= 11 is 1.17. The molecule has 0 N–H and O–H groups in total. The molecule has 5 rings (SSSR count). The van der Waals surface area contributed by atoms with Crippen molar-refractivity contribution in [2.75, 3.05) is 31.9 Å². The number of amides is 1. The van der Waals surface area contributed by atoms with Gasteiger partial charge in [0.15, 0.2) is 0 Å². The molecule has 2 aliphatic rings. The van der Waals surface area contributed by atoms with Crippen LogP contribution < -0.4 is 0 Å². The Hall–Kier alpha value is -2.76. The van der Waals surface area contributed by atoms with Crippen LogP contribution in [0.4, 0.5) is 0 Å². The minimum absolute atomic E-state index is 0.0873. The number of rotatable bonds is 6. The number of benzene rings is 1. The summed E-state index contributed by atoms with van der Waals surface area (Å²) in [6.07, 6.45) is 6.31. The van der Waals surface area contributed by atoms with Crippen LogP contribution in [-0.2, 0) is 27.7 Å². The summed E-state index contributed by atoms with van der Waals surface area (Å²) in [6.45, 7) is 1.27. The van der Waals surface area contributed by atoms with Crippen molar-refractivity contribution in [3.05, 3.63) is 53.9 Å². The fourth-order valence-corrected chi connectivity index (χ4v) is 6.26. The highest BCUT2D eigenvalue weighted by atomic mass is 32.2. The van der Waals surface area contributed by atoms with Gasteiger partial charge in [-0.3, -0.25) is 9.78 Å². The predicted molar refractivity (Wildman–Crippen MR) is 122 cm³/mol. The Balaban J connectivity index is 1.15. The molecule has 11 heteroatoms. The first kappa shape index (κ1) is 22.1. The number of sulfonamides is 1. The molecule has 0 saturated carbocycles. The first-order chi connectivity index (χ1) is 16.0. The Morgan fingerprint density at radius 2 is 1.88 bits per heavy atom. The average Bonchev–Trinajstić information content (AvgIpc) is 3.52. The zero-order valence-corrected chi connectivity index (χ0v) is 19.5. The van der Waals surface area contributed by atoms with Gasteiger partial charge in [0.25, 0.3) is 5.22 Å². The Bertz CT molecular complexity index is 1250. The van der Waals surface area contributed by atoms with Gasteiger partial charge in [-0.15, -0.1) is 10.2 Å². The molecule has 0 atom stereocenters. The third-order valence-electron chi connectivity index (χ3n) is 5.93. The van der Waals surface area contributed by atoms with Crippen molar-refractivity contribution in [1.29, 1.82) is 0 Å². The van der Waals surface area contributed by atoms with Gasteiger partial charge in [0, 0.05) is 38.6 Å². The number of pyridine rings is 1. The molecule has 0 radical (unpaired) electrons. The smallest absolute Gasteiger partial charge is 0.277 e. The highest BCUT2D eigenvalue weighted by Gasteiger charge is 2.31. The van der Waals surface area contributed by atoms with Gasteiger partial charge in [-0.05, 0) is 54.7 Å². The molecule has 1 fully saturated rings. The number of nitrogens with zero attached hydrogens (tertiary/aromatic N) is 5. The minimum atomic E-state index is -3.56. The van der Waals surface area contributed by atoms with Crippen LogP contribution >= 0.6 is 11.8 Å². The summed E-state index contributed by atoms with van der Waals surface area (Å²) in [4.78, 5) is 18.7. The monoisotopic (exact) mass is 485 g/mol. The van der Waals surface area contributed by atoms with Gasteiger partial charge in [0.05, 0.1) is 16.2 Å². The van der Waals surface area contributed by atoms with Crippen LogP contribution in [-0.4, -0.2) is 70.6 Å². The largest absolute Gasteiger partial charge is 0.411 e. The van der Waals surface area contributed by atoms with Crippen molar-refractivity contribution < 1.29 is 17.6 Å². The number of aryl methyl sites for hydroxylation is 2. The second-order valence-corrected chi connectivity index (χ2v) is 10.8. The average molecular weight is 486 g/mol. The van der Waals surface area contributed by atoms with Crippen molar-refractivity contribution in [3.8, 4) is 11.5 Å². The third-order valence-corrected chi connectivity index (χ3v) is 8.63. The third kappa shape index (κ3) is 4.66. The number of piperazine rings is 1. The lowest BCUT2D eigenvalue weighted by atomic mass is 10.1. The normalized spacial score (nSPS) is 16.7. The molecule has 3 aromatic rings. The van der Waals surface area contributed by atoms with Gasteiger partial charge in [-0.2, -0.15) is 4.31 Å². The zero-order valence-electron chi connectivity index (χ0n) is 17.9. The van der Waals surface area contributed by atoms with Crippen LogP contribution in [0.25, 0.3) is 11.5 Å². The Kier molecular flexibility index (Phi) is 6.17. The first-order valence-corrected chi connectivity index (χ1v) is 13.2. The number of aromatic nitrogens is 3. The quantitative estimate of drug-likeness (QED) is 0.489. The highest BCUT2D eigenvalue weighted by Crippen LogP contribution is 2.27. The maximum Gasteiger partial charge on any atom is 0.277 e. The van der Waals surface area contributed by atoms with Gasteiger partial charge in [0.1, 0.15) is 0 Å². The first-order valence-electron chi connectivity index (χ1n) is 10.8. The number of hydrogen-bond acceptors (Lipinski definition) is 8. The second kappa shape index (κ2) is 9.24. The summed E-state index contributed by atoms with van der Waals surface area (Å²) in [6, 6.07) is 9.05. The summed E-state index contributed by atoms with van der Waals surface area (Å²) in [7, 11) is -3.56. The summed E-state index contributed by atoms with van der Waals surface area (Å²) in [5, 5.41) is 8.27. The van der Waals surface area contributed by atoms with E-state index in [1.54, 1.807) is 29.4 Å². The molecule has 1 aromatic carbocycles. The van der Waals surface area contributed by atoms with Crippen LogP contribution in [0.1, 0.15) is 17.5 Å². The van der Waals surface area contributed by atoms with E-state index in [9.17, 15) is 13.2 Å². The van der Waals surface area contributed by atoms with Gasteiger partial charge in [-0.25, -0.2) is 8.42 Å². The molecule has 1 aliphatic heterocycles. The number of fused-ring (bicyclic) bond motifs is 1. The van der Waals surface area contributed by atoms with E-state index in [1.165, 1.54) is 21.6 Å². The molecule has 33 heavy (non-hydrogen) atoms. The predicted octanol–water partition coefficient (Wildman–Crippen LogP) is 2.25. The Morgan fingerprint density at radius 1 is 1.06 bits per heavy atom. The summed E-state index contributed by atoms with van der Waals surface area (Å²) in [5.74, 6) is 0.408. The number of carbonyl (C=O) groups is 1. The molecule has 9 nitrogen and oxygen atoms in total. The van der Waals surface area contributed by atoms with Crippen LogP contribution in [0, 0.1) is 0 Å². The molecule has 1 aliphatic carbocycles. The SMILES string of the molecule is O=C(CSc1nnc(-c2cccnc2)o1)N1CCN(S(=O)(=O)c2ccc3c(c2)CCC3)CC1. The van der Waals surface area contributed by atoms with Crippen molar-refractivity contribution in [1.82, 2.24) is 24.4 Å². The topological polar surface area (TPSA) is 109 Å². The van der Waals surface area contributed by atoms with Crippen LogP contribution in [0.2, 0.25) is 0 Å². The van der Waals surface area contributed by atoms with Crippen molar-refractivity contribution in [2.24, 2.45) is 0 Å². The van der Waals surface area contributed by atoms with E-state index in [2.05, 4.69) is 15.2 Å². The minimum Gasteiger partial charge on any atom is -0.411 e. The molecule has 0 spiro atoms.